The van der Waals surface area contributed by atoms with Crippen molar-refractivity contribution in [3.8, 4) is 0 Å². The first kappa shape index (κ1) is 24.5. The third kappa shape index (κ3) is 11.1. The van der Waals surface area contributed by atoms with E-state index in [1.165, 1.54) is 77.4 Å². The van der Waals surface area contributed by atoms with Crippen LogP contribution in [0.5, 0.6) is 0 Å². The largest absolute Gasteiger partial charge is 0.375 e. The molecule has 1 aliphatic carbocycles. The van der Waals surface area contributed by atoms with Gasteiger partial charge in [-0.3, -0.25) is 4.90 Å². The monoisotopic (exact) mass is 381 g/mol. The third-order valence-corrected chi connectivity index (χ3v) is 5.72. The Labute approximate surface area is 169 Å². The fraction of sp³-hybridized carbons (Fsp3) is 0.913. The molecule has 2 heterocycles. The molecule has 2 aliphatic heterocycles. The highest BCUT2D eigenvalue weighted by molar-refractivity contribution is 4.78. The molecule has 0 spiro atoms. The molecule has 0 radical (unpaired) electrons. The normalized spacial score (nSPS) is 22.3. The number of piperidine rings is 1. The standard InChI is InChI=1S/C11H21NO.C10H20N2.C2H6/c1-2-4-10(5-3-1)13-11-6-8-12-9-7-11;1-3-5-6-12-9-7-11(4-2)8-10-12;1-2/h10-12H,1-9H2;4H,2-3,5-10H2,1H3;1-2H3. The Morgan fingerprint density at radius 3 is 2.07 bits per heavy atom. The molecule has 27 heavy (non-hydrogen) atoms. The second kappa shape index (κ2) is 16.4. The maximum atomic E-state index is 6.09. The van der Waals surface area contributed by atoms with Crippen LogP contribution in [-0.4, -0.2) is 67.8 Å². The second-order valence-electron chi connectivity index (χ2n) is 7.76. The summed E-state index contributed by atoms with van der Waals surface area (Å²) in [5, 5.41) is 3.37. The average Bonchev–Trinajstić information content (AvgIpc) is 2.76. The van der Waals surface area contributed by atoms with Crippen molar-refractivity contribution >= 4 is 0 Å². The van der Waals surface area contributed by atoms with Crippen molar-refractivity contribution in [3.63, 3.8) is 0 Å². The Kier molecular flexibility index (Phi) is 14.8. The molecule has 1 saturated carbocycles. The summed E-state index contributed by atoms with van der Waals surface area (Å²) in [6.07, 6.45) is 15.0. The minimum Gasteiger partial charge on any atom is -0.375 e. The summed E-state index contributed by atoms with van der Waals surface area (Å²) in [5.74, 6) is 0. The second-order valence-corrected chi connectivity index (χ2v) is 7.76. The molecule has 0 aromatic rings. The van der Waals surface area contributed by atoms with Crippen LogP contribution in [0.4, 0.5) is 0 Å². The topological polar surface area (TPSA) is 27.7 Å². The van der Waals surface area contributed by atoms with Crippen LogP contribution in [0.15, 0.2) is 12.8 Å². The number of nitrogens with one attached hydrogen (secondary N) is 1. The van der Waals surface area contributed by atoms with Crippen LogP contribution < -0.4 is 5.32 Å². The van der Waals surface area contributed by atoms with Gasteiger partial charge in [0.2, 0.25) is 0 Å². The van der Waals surface area contributed by atoms with Gasteiger partial charge in [0.15, 0.2) is 0 Å². The van der Waals surface area contributed by atoms with E-state index in [4.69, 9.17) is 4.74 Å². The zero-order valence-corrected chi connectivity index (χ0v) is 18.6. The molecule has 4 heteroatoms. The minimum absolute atomic E-state index is 0.560. The summed E-state index contributed by atoms with van der Waals surface area (Å²) in [6, 6.07) is 0. The predicted molar refractivity (Wildman–Crippen MR) is 118 cm³/mol. The summed E-state index contributed by atoms with van der Waals surface area (Å²) in [5.41, 5.74) is 0. The lowest BCUT2D eigenvalue weighted by molar-refractivity contribution is -0.0419. The highest BCUT2D eigenvalue weighted by Gasteiger charge is 2.20. The quantitative estimate of drug-likeness (QED) is 0.724. The van der Waals surface area contributed by atoms with Crippen LogP contribution >= 0.6 is 0 Å². The number of rotatable bonds is 6. The lowest BCUT2D eigenvalue weighted by atomic mass is 9.97. The van der Waals surface area contributed by atoms with Crippen molar-refractivity contribution in [1.82, 2.24) is 15.1 Å². The van der Waals surface area contributed by atoms with Gasteiger partial charge in [-0.2, -0.15) is 0 Å². The van der Waals surface area contributed by atoms with Gasteiger partial charge in [-0.05, 0) is 57.9 Å². The van der Waals surface area contributed by atoms with E-state index in [0.29, 0.717) is 12.2 Å². The van der Waals surface area contributed by atoms with Crippen molar-refractivity contribution in [2.24, 2.45) is 0 Å². The van der Waals surface area contributed by atoms with Crippen molar-refractivity contribution in [1.29, 1.82) is 0 Å². The molecule has 3 rings (SSSR count). The molecule has 4 nitrogen and oxygen atoms in total. The Bertz CT molecular complexity index is 315. The third-order valence-electron chi connectivity index (χ3n) is 5.72. The Balaban J connectivity index is 0.000000248. The van der Waals surface area contributed by atoms with E-state index in [2.05, 4.69) is 28.6 Å². The number of nitrogens with zero attached hydrogens (tertiary/aromatic N) is 2. The number of hydrogen-bond donors (Lipinski definition) is 1. The molecule has 0 aromatic carbocycles. The molecule has 0 aromatic heterocycles. The first-order valence-electron chi connectivity index (χ1n) is 11.8. The van der Waals surface area contributed by atoms with Crippen molar-refractivity contribution in [2.75, 3.05) is 45.8 Å². The Morgan fingerprint density at radius 1 is 0.926 bits per heavy atom. The zero-order valence-electron chi connectivity index (χ0n) is 18.6. The summed E-state index contributed by atoms with van der Waals surface area (Å²) in [6.45, 7) is 18.4. The van der Waals surface area contributed by atoms with E-state index in [9.17, 15) is 0 Å². The SMILES string of the molecule is C1CCC(OC2CCNCC2)CC1.C=CN1CCN(CCCC)CC1.CC. The maximum absolute atomic E-state index is 6.09. The van der Waals surface area contributed by atoms with E-state index in [1.54, 1.807) is 0 Å². The smallest absolute Gasteiger partial charge is 0.0603 e. The number of unbranched alkanes of at least 4 members (excludes halogenated alkanes) is 1. The summed E-state index contributed by atoms with van der Waals surface area (Å²) in [4.78, 5) is 4.84. The fourth-order valence-electron chi connectivity index (χ4n) is 3.96. The fourth-order valence-corrected chi connectivity index (χ4v) is 3.96. The lowest BCUT2D eigenvalue weighted by Gasteiger charge is -2.33. The zero-order chi connectivity index (χ0) is 19.7. The first-order valence-corrected chi connectivity index (χ1v) is 11.8. The van der Waals surface area contributed by atoms with Crippen molar-refractivity contribution in [3.05, 3.63) is 12.8 Å². The Hall–Kier alpha value is -0.580. The van der Waals surface area contributed by atoms with Gasteiger partial charge < -0.3 is 15.0 Å². The van der Waals surface area contributed by atoms with Gasteiger partial charge in [-0.25, -0.2) is 0 Å². The van der Waals surface area contributed by atoms with Gasteiger partial charge in [-0.1, -0.05) is 53.0 Å². The molecule has 0 atom stereocenters. The lowest BCUT2D eigenvalue weighted by Crippen LogP contribution is -2.44. The van der Waals surface area contributed by atoms with Crippen LogP contribution in [0.1, 0.15) is 78.6 Å². The van der Waals surface area contributed by atoms with Gasteiger partial charge in [-0.15, -0.1) is 0 Å². The predicted octanol–water partition coefficient (Wildman–Crippen LogP) is 4.66. The number of ether oxygens (including phenoxy) is 1. The minimum atomic E-state index is 0.560. The molecular weight excluding hydrogens is 334 g/mol. The van der Waals surface area contributed by atoms with E-state index in [1.807, 2.05) is 20.0 Å². The number of hydrogen-bond acceptors (Lipinski definition) is 4. The number of piperazine rings is 1. The summed E-state index contributed by atoms with van der Waals surface area (Å²) >= 11 is 0. The van der Waals surface area contributed by atoms with Gasteiger partial charge in [0.05, 0.1) is 12.2 Å². The van der Waals surface area contributed by atoms with Crippen LogP contribution in [0, 0.1) is 0 Å². The molecule has 2 saturated heterocycles. The van der Waals surface area contributed by atoms with Gasteiger partial charge in [0.25, 0.3) is 0 Å². The molecule has 0 bridgehead atoms. The van der Waals surface area contributed by atoms with E-state index in [-0.39, 0.29) is 0 Å². The van der Waals surface area contributed by atoms with Gasteiger partial charge in [0.1, 0.15) is 0 Å². The van der Waals surface area contributed by atoms with Crippen LogP contribution in [0.3, 0.4) is 0 Å². The molecule has 160 valence electrons. The average molecular weight is 382 g/mol. The van der Waals surface area contributed by atoms with Crippen LogP contribution in [0.2, 0.25) is 0 Å². The highest BCUT2D eigenvalue weighted by Crippen LogP contribution is 2.23. The van der Waals surface area contributed by atoms with Gasteiger partial charge in [0, 0.05) is 26.2 Å². The molecule has 0 amide bonds. The molecule has 0 unspecified atom stereocenters. The van der Waals surface area contributed by atoms with Crippen LogP contribution in [-0.2, 0) is 4.74 Å². The molecule has 3 fully saturated rings. The van der Waals surface area contributed by atoms with Crippen molar-refractivity contribution < 1.29 is 4.74 Å². The Morgan fingerprint density at radius 2 is 1.52 bits per heavy atom. The highest BCUT2D eigenvalue weighted by atomic mass is 16.5. The van der Waals surface area contributed by atoms with E-state index >= 15 is 0 Å². The molecule has 1 N–H and O–H groups in total. The van der Waals surface area contributed by atoms with Crippen LogP contribution in [0.25, 0.3) is 0 Å². The van der Waals surface area contributed by atoms with E-state index < -0.39 is 0 Å². The molecule has 3 aliphatic rings. The van der Waals surface area contributed by atoms with E-state index in [0.717, 1.165) is 26.2 Å². The first-order chi connectivity index (χ1) is 13.3. The molecular formula is C23H47N3O. The maximum Gasteiger partial charge on any atom is 0.0603 e. The summed E-state index contributed by atoms with van der Waals surface area (Å²) in [7, 11) is 0. The van der Waals surface area contributed by atoms with Crippen molar-refractivity contribution in [2.45, 2.75) is 90.8 Å². The summed E-state index contributed by atoms with van der Waals surface area (Å²) < 4.78 is 6.09. The van der Waals surface area contributed by atoms with Gasteiger partial charge >= 0.3 is 0 Å².